The van der Waals surface area contributed by atoms with Gasteiger partial charge >= 0.3 is 6.03 Å². The second kappa shape index (κ2) is 5.44. The van der Waals surface area contributed by atoms with E-state index < -0.39 is 17.9 Å². The molecule has 0 saturated carbocycles. The van der Waals surface area contributed by atoms with E-state index in [1.165, 1.54) is 6.92 Å². The number of anilines is 2. The van der Waals surface area contributed by atoms with E-state index in [9.17, 15) is 14.4 Å². The van der Waals surface area contributed by atoms with Gasteiger partial charge in [0.15, 0.2) is 0 Å². The van der Waals surface area contributed by atoms with Crippen molar-refractivity contribution in [3.63, 3.8) is 0 Å². The minimum atomic E-state index is -0.905. The zero-order valence-electron chi connectivity index (χ0n) is 11.9. The molecule has 2 aromatic rings. The average molecular weight is 294 g/mol. The first-order chi connectivity index (χ1) is 10.6. The summed E-state index contributed by atoms with van der Waals surface area (Å²) in [6.07, 6.45) is 0. The molecule has 0 saturated heterocycles. The van der Waals surface area contributed by atoms with Crippen LogP contribution in [0.15, 0.2) is 54.6 Å². The van der Waals surface area contributed by atoms with E-state index in [0.717, 1.165) is 4.90 Å². The molecule has 0 aromatic heterocycles. The lowest BCUT2D eigenvalue weighted by Crippen LogP contribution is -2.39. The van der Waals surface area contributed by atoms with Gasteiger partial charge in [-0.1, -0.05) is 36.4 Å². The molecule has 0 spiro atoms. The summed E-state index contributed by atoms with van der Waals surface area (Å²) >= 11 is 0. The van der Waals surface area contributed by atoms with Gasteiger partial charge in [-0.15, -0.1) is 0 Å². The average Bonchev–Trinajstić information content (AvgIpc) is 2.80. The molecule has 1 heterocycles. The minimum absolute atomic E-state index is 0.271. The fraction of sp³-hybridized carbons (Fsp3) is 0.118. The number of rotatable bonds is 2. The maximum absolute atomic E-state index is 12.5. The number of fused-ring (bicyclic) bond motifs is 1. The van der Waals surface area contributed by atoms with Crippen molar-refractivity contribution in [2.75, 3.05) is 10.2 Å². The van der Waals surface area contributed by atoms with Crippen molar-refractivity contribution in [1.29, 1.82) is 0 Å². The second-order valence-corrected chi connectivity index (χ2v) is 5.07. The molecule has 1 unspecified atom stereocenters. The van der Waals surface area contributed by atoms with E-state index in [-0.39, 0.29) is 5.78 Å². The molecule has 110 valence electrons. The first-order valence-electron chi connectivity index (χ1n) is 6.89. The van der Waals surface area contributed by atoms with Crippen molar-refractivity contribution in [3.05, 3.63) is 60.2 Å². The Morgan fingerprint density at radius 3 is 2.32 bits per heavy atom. The number of amides is 3. The van der Waals surface area contributed by atoms with Gasteiger partial charge in [-0.3, -0.25) is 9.59 Å². The molecule has 3 rings (SSSR count). The largest absolute Gasteiger partial charge is 0.333 e. The van der Waals surface area contributed by atoms with Crippen LogP contribution in [0.25, 0.3) is 0 Å². The summed E-state index contributed by atoms with van der Waals surface area (Å²) in [6.45, 7) is 1.36. The topological polar surface area (TPSA) is 66.5 Å². The lowest BCUT2D eigenvalue weighted by atomic mass is 9.97. The summed E-state index contributed by atoms with van der Waals surface area (Å²) in [7, 11) is 0. The van der Waals surface area contributed by atoms with Gasteiger partial charge in [-0.05, 0) is 30.7 Å². The molecular weight excluding hydrogens is 280 g/mol. The van der Waals surface area contributed by atoms with Crippen LogP contribution in [0.4, 0.5) is 16.2 Å². The highest BCUT2D eigenvalue weighted by atomic mass is 16.2. The van der Waals surface area contributed by atoms with Crippen LogP contribution in [-0.2, 0) is 9.59 Å². The summed E-state index contributed by atoms with van der Waals surface area (Å²) in [6, 6.07) is 15.2. The van der Waals surface area contributed by atoms with Crippen LogP contribution in [0.3, 0.4) is 0 Å². The Kier molecular flexibility index (Phi) is 3.47. The first-order valence-corrected chi connectivity index (χ1v) is 6.89. The Morgan fingerprint density at radius 2 is 1.64 bits per heavy atom. The van der Waals surface area contributed by atoms with Crippen LogP contribution in [0.2, 0.25) is 0 Å². The standard InChI is InChI=1S/C17H14N2O3/c1-11(20)15-13-9-5-6-10-14(13)19(16(15)21)17(22)18-12-7-3-2-4-8-12/h2-10,15H,1H3,(H,18,22). The second-order valence-electron chi connectivity index (χ2n) is 5.07. The quantitative estimate of drug-likeness (QED) is 0.866. The van der Waals surface area contributed by atoms with Crippen molar-refractivity contribution in [2.45, 2.75) is 12.8 Å². The van der Waals surface area contributed by atoms with Crippen molar-refractivity contribution in [3.8, 4) is 0 Å². The molecule has 0 aliphatic carbocycles. The number of ketones is 1. The monoisotopic (exact) mass is 294 g/mol. The normalized spacial score (nSPS) is 16.3. The highest BCUT2D eigenvalue weighted by Gasteiger charge is 2.42. The maximum Gasteiger partial charge on any atom is 0.333 e. The first kappa shape index (κ1) is 14.0. The van der Waals surface area contributed by atoms with Gasteiger partial charge < -0.3 is 5.32 Å². The molecule has 1 atom stereocenters. The van der Waals surface area contributed by atoms with E-state index in [0.29, 0.717) is 16.9 Å². The zero-order chi connectivity index (χ0) is 15.7. The Labute approximate surface area is 127 Å². The third kappa shape index (κ3) is 2.26. The molecule has 1 aliphatic heterocycles. The minimum Gasteiger partial charge on any atom is -0.307 e. The van der Waals surface area contributed by atoms with Crippen LogP contribution in [0.1, 0.15) is 18.4 Å². The van der Waals surface area contributed by atoms with Crippen LogP contribution in [-0.4, -0.2) is 17.7 Å². The van der Waals surface area contributed by atoms with E-state index in [2.05, 4.69) is 5.32 Å². The molecule has 5 heteroatoms. The fourth-order valence-corrected chi connectivity index (χ4v) is 2.62. The smallest absolute Gasteiger partial charge is 0.307 e. The number of benzene rings is 2. The maximum atomic E-state index is 12.5. The van der Waals surface area contributed by atoms with Gasteiger partial charge in [0.1, 0.15) is 11.7 Å². The third-order valence-corrected chi connectivity index (χ3v) is 3.59. The van der Waals surface area contributed by atoms with Crippen LogP contribution < -0.4 is 10.2 Å². The molecule has 1 aliphatic rings. The van der Waals surface area contributed by atoms with Crippen molar-refractivity contribution >= 4 is 29.1 Å². The van der Waals surface area contributed by atoms with Gasteiger partial charge in [0.05, 0.1) is 5.69 Å². The number of carbonyl (C=O) groups excluding carboxylic acids is 3. The highest BCUT2D eigenvalue weighted by molar-refractivity contribution is 6.29. The summed E-state index contributed by atoms with van der Waals surface area (Å²) in [5, 5.41) is 2.67. The summed E-state index contributed by atoms with van der Waals surface area (Å²) in [5.41, 5.74) is 1.62. The lowest BCUT2D eigenvalue weighted by Gasteiger charge is -2.16. The van der Waals surface area contributed by atoms with Gasteiger partial charge in [-0.25, -0.2) is 9.69 Å². The number of carbonyl (C=O) groups is 3. The molecule has 1 N–H and O–H groups in total. The van der Waals surface area contributed by atoms with Gasteiger partial charge in [-0.2, -0.15) is 0 Å². The lowest BCUT2D eigenvalue weighted by molar-refractivity contribution is -0.126. The number of nitrogens with one attached hydrogen (secondary N) is 1. The van der Waals surface area contributed by atoms with Crippen LogP contribution >= 0.6 is 0 Å². The zero-order valence-corrected chi connectivity index (χ0v) is 11.9. The highest BCUT2D eigenvalue weighted by Crippen LogP contribution is 2.37. The van der Waals surface area contributed by atoms with Gasteiger partial charge in [0.2, 0.25) is 5.91 Å². The van der Waals surface area contributed by atoms with Gasteiger partial charge in [0.25, 0.3) is 0 Å². The van der Waals surface area contributed by atoms with Crippen LogP contribution in [0, 0.1) is 0 Å². The van der Waals surface area contributed by atoms with E-state index in [4.69, 9.17) is 0 Å². The Balaban J connectivity index is 1.95. The molecule has 2 aromatic carbocycles. The fourth-order valence-electron chi connectivity index (χ4n) is 2.62. The number of urea groups is 1. The number of Topliss-reactive ketones (excluding diaryl/α,β-unsaturated/α-hetero) is 1. The predicted octanol–water partition coefficient (Wildman–Crippen LogP) is 2.94. The summed E-state index contributed by atoms with van der Waals surface area (Å²) in [5.74, 6) is -1.69. The Morgan fingerprint density at radius 1 is 1.00 bits per heavy atom. The number of hydrogen-bond acceptors (Lipinski definition) is 3. The molecule has 5 nitrogen and oxygen atoms in total. The molecule has 0 bridgehead atoms. The number of nitrogens with zero attached hydrogens (tertiary/aromatic N) is 1. The molecular formula is C17H14N2O3. The molecule has 22 heavy (non-hydrogen) atoms. The number of imide groups is 1. The van der Waals surface area contributed by atoms with E-state index in [1.54, 1.807) is 48.5 Å². The summed E-state index contributed by atoms with van der Waals surface area (Å²) < 4.78 is 0. The number of para-hydroxylation sites is 2. The SMILES string of the molecule is CC(=O)C1C(=O)N(C(=O)Nc2ccccc2)c2ccccc21. The van der Waals surface area contributed by atoms with Crippen molar-refractivity contribution in [1.82, 2.24) is 0 Å². The summed E-state index contributed by atoms with van der Waals surface area (Å²) in [4.78, 5) is 37.7. The van der Waals surface area contributed by atoms with Crippen LogP contribution in [0.5, 0.6) is 0 Å². The van der Waals surface area contributed by atoms with Crippen molar-refractivity contribution < 1.29 is 14.4 Å². The number of hydrogen-bond donors (Lipinski definition) is 1. The van der Waals surface area contributed by atoms with E-state index >= 15 is 0 Å². The molecule has 0 radical (unpaired) electrons. The Bertz CT molecular complexity index is 756. The Hall–Kier alpha value is -2.95. The van der Waals surface area contributed by atoms with E-state index in [1.807, 2.05) is 6.07 Å². The van der Waals surface area contributed by atoms with Crippen molar-refractivity contribution in [2.24, 2.45) is 0 Å². The van der Waals surface area contributed by atoms with Gasteiger partial charge in [0, 0.05) is 5.69 Å². The molecule has 0 fully saturated rings. The third-order valence-electron chi connectivity index (χ3n) is 3.59. The predicted molar refractivity (Wildman–Crippen MR) is 82.8 cm³/mol. The molecule has 3 amide bonds.